The van der Waals surface area contributed by atoms with Gasteiger partial charge in [0.15, 0.2) is 33.5 Å². The molecule has 7 atom stereocenters. The number of hydrogen-bond donors (Lipinski definition) is 1. The van der Waals surface area contributed by atoms with E-state index in [4.69, 9.17) is 18.4 Å². The predicted molar refractivity (Wildman–Crippen MR) is 158 cm³/mol. The molecule has 13 heteroatoms. The smallest absolute Gasteiger partial charge is 0.297 e. The molecule has 0 radical (unpaired) electrons. The fourth-order valence-corrected chi connectivity index (χ4v) is 10.4. The van der Waals surface area contributed by atoms with Gasteiger partial charge in [-0.3, -0.25) is 13.8 Å². The van der Waals surface area contributed by atoms with Gasteiger partial charge in [-0.25, -0.2) is 8.42 Å². The van der Waals surface area contributed by atoms with Gasteiger partial charge in [-0.1, -0.05) is 23.8 Å². The fraction of sp³-hybridized carbons (Fsp3) is 0.500. The number of benzene rings is 2. The third-order valence-electron chi connectivity index (χ3n) is 9.52. The number of ether oxygens (including phenoxy) is 3. The van der Waals surface area contributed by atoms with E-state index in [0.717, 1.165) is 5.56 Å². The number of aliphatic hydroxyl groups is 1. The topological polar surface area (TPSA) is 160 Å². The third kappa shape index (κ3) is 4.95. The van der Waals surface area contributed by atoms with Gasteiger partial charge in [0.2, 0.25) is 0 Å². The zero-order chi connectivity index (χ0) is 32.2. The lowest BCUT2D eigenvalue weighted by Gasteiger charge is -2.37. The van der Waals surface area contributed by atoms with Gasteiger partial charge >= 0.3 is 0 Å². The van der Waals surface area contributed by atoms with E-state index in [0.29, 0.717) is 16.7 Å². The first kappa shape index (κ1) is 30.9. The molecule has 0 spiro atoms. The molecular weight excluding hydrogens is 624 g/mol. The molecule has 0 bridgehead atoms. The summed E-state index contributed by atoms with van der Waals surface area (Å²) in [6, 6.07) is 7.66. The number of sulfone groups is 1. The number of fused-ring (bicyclic) bond motifs is 5. The molecule has 2 aromatic carbocycles. The summed E-state index contributed by atoms with van der Waals surface area (Å²) in [7, 11) is -7.87. The third-order valence-corrected chi connectivity index (χ3v) is 12.8. The molecule has 0 unspecified atom stereocenters. The Balaban J connectivity index is 1.19. The minimum Gasteiger partial charge on any atom is -0.386 e. The van der Waals surface area contributed by atoms with Crippen LogP contribution in [0.25, 0.3) is 0 Å². The Bertz CT molecular complexity index is 1880. The van der Waals surface area contributed by atoms with E-state index in [1.807, 2.05) is 6.92 Å². The van der Waals surface area contributed by atoms with E-state index in [-0.39, 0.29) is 57.5 Å². The van der Waals surface area contributed by atoms with Gasteiger partial charge in [-0.2, -0.15) is 8.42 Å². The van der Waals surface area contributed by atoms with Crippen LogP contribution in [-0.2, 0) is 44.8 Å². The molecule has 0 amide bonds. The van der Waals surface area contributed by atoms with E-state index in [1.54, 1.807) is 39.0 Å². The molecule has 3 heterocycles. The van der Waals surface area contributed by atoms with Gasteiger partial charge in [0, 0.05) is 23.0 Å². The van der Waals surface area contributed by atoms with Crippen LogP contribution in [-0.4, -0.2) is 75.8 Å². The second-order valence-electron chi connectivity index (χ2n) is 13.0. The number of carbonyl (C=O) groups is 2. The Morgan fingerprint density at radius 2 is 1.76 bits per heavy atom. The monoisotopic (exact) mass is 658 g/mol. The average Bonchev–Trinajstić information content (AvgIpc) is 3.58. The molecule has 2 aromatic rings. The number of carbonyl (C=O) groups excluding carboxylic acids is 2. The van der Waals surface area contributed by atoms with Crippen molar-refractivity contribution in [3.63, 3.8) is 0 Å². The summed E-state index contributed by atoms with van der Waals surface area (Å²) in [6.07, 6.45) is -3.92. The molecule has 0 saturated carbocycles. The fourth-order valence-electron chi connectivity index (χ4n) is 7.45. The summed E-state index contributed by atoms with van der Waals surface area (Å²) >= 11 is 0. The van der Waals surface area contributed by atoms with Crippen molar-refractivity contribution in [3.05, 3.63) is 69.8 Å². The summed E-state index contributed by atoms with van der Waals surface area (Å²) in [4.78, 5) is 27.7. The summed E-state index contributed by atoms with van der Waals surface area (Å²) in [5, 5.41) is 11.7. The Morgan fingerprint density at radius 3 is 2.47 bits per heavy atom. The Labute approximate surface area is 261 Å². The van der Waals surface area contributed by atoms with Crippen LogP contribution in [0.3, 0.4) is 0 Å². The maximum atomic E-state index is 14.0. The summed E-state index contributed by atoms with van der Waals surface area (Å²) in [5.41, 5.74) is 2.54. The molecule has 3 aliphatic heterocycles. The van der Waals surface area contributed by atoms with Crippen LogP contribution >= 0.6 is 0 Å². The van der Waals surface area contributed by atoms with Crippen molar-refractivity contribution in [3.8, 4) is 0 Å². The van der Waals surface area contributed by atoms with E-state index >= 15 is 0 Å². The quantitative estimate of drug-likeness (QED) is 0.372. The van der Waals surface area contributed by atoms with Crippen LogP contribution in [0.2, 0.25) is 0 Å². The zero-order valence-electron chi connectivity index (χ0n) is 25.2. The standard InChI is InChI=1S/C32H34O11S2/c1-15-5-8-18(9-6-15)45(38,39)43-28-27(40-31-29(28)41-32(3,4)42-31)24(33)17-7-10-19-21(14-17)26(35)23-20-11-12-44(36,37)30(20)16(2)13-22(23)25(19)34/h5-9,13,19,21,24,27-29,31,33H,10-12,14H2,1-4H3/t19-,21+,24+,27-,28+,29-,31-/m1/s1. The zero-order valence-corrected chi connectivity index (χ0v) is 26.8. The van der Waals surface area contributed by atoms with Crippen molar-refractivity contribution in [2.45, 2.75) is 93.2 Å². The minimum absolute atomic E-state index is 0.00504. The SMILES string of the molecule is Cc1ccc(S(=O)(=O)O[C@@H]2[C@H]3OC(C)(C)O[C@H]3O[C@@H]2[C@@H](O)C2=CC[C@H]3C(=O)c4cc(C)c5c(c4C(=O)[C@H]3C2)CCS5(=O)=O)cc1. The van der Waals surface area contributed by atoms with Gasteiger partial charge < -0.3 is 19.3 Å². The van der Waals surface area contributed by atoms with Gasteiger partial charge in [-0.05, 0) is 81.9 Å². The second-order valence-corrected chi connectivity index (χ2v) is 16.6. The van der Waals surface area contributed by atoms with Gasteiger partial charge in [-0.15, -0.1) is 0 Å². The largest absolute Gasteiger partial charge is 0.386 e. The lowest BCUT2D eigenvalue weighted by Crippen LogP contribution is -2.46. The summed E-state index contributed by atoms with van der Waals surface area (Å²) in [6.45, 7) is 6.78. The normalized spacial score (nSPS) is 32.0. The van der Waals surface area contributed by atoms with Gasteiger partial charge in [0.25, 0.3) is 10.1 Å². The van der Waals surface area contributed by atoms with Crippen LogP contribution < -0.4 is 0 Å². The van der Waals surface area contributed by atoms with Crippen molar-refractivity contribution in [2.24, 2.45) is 11.8 Å². The van der Waals surface area contributed by atoms with Crippen LogP contribution in [0.5, 0.6) is 0 Å². The number of allylic oxidation sites excluding steroid dienone is 1. The molecule has 5 aliphatic rings. The van der Waals surface area contributed by atoms with E-state index in [9.17, 15) is 31.5 Å². The highest BCUT2D eigenvalue weighted by Crippen LogP contribution is 2.47. The van der Waals surface area contributed by atoms with Gasteiger partial charge in [0.1, 0.15) is 24.4 Å². The highest BCUT2D eigenvalue weighted by atomic mass is 32.2. The first-order chi connectivity index (χ1) is 21.1. The van der Waals surface area contributed by atoms with Crippen LogP contribution in [0.15, 0.2) is 51.8 Å². The first-order valence-corrected chi connectivity index (χ1v) is 18.0. The minimum atomic E-state index is -4.32. The van der Waals surface area contributed by atoms with E-state index in [1.165, 1.54) is 18.2 Å². The molecule has 2 fully saturated rings. The molecule has 0 aromatic heterocycles. The molecule has 7 rings (SSSR count). The van der Waals surface area contributed by atoms with Crippen molar-refractivity contribution >= 4 is 31.5 Å². The van der Waals surface area contributed by atoms with Crippen LogP contribution in [0.4, 0.5) is 0 Å². The molecule has 2 saturated heterocycles. The van der Waals surface area contributed by atoms with Crippen molar-refractivity contribution in [1.82, 2.24) is 0 Å². The second kappa shape index (κ2) is 10.4. The predicted octanol–water partition coefficient (Wildman–Crippen LogP) is 2.98. The highest BCUT2D eigenvalue weighted by Gasteiger charge is 2.59. The van der Waals surface area contributed by atoms with Crippen molar-refractivity contribution < 1.29 is 49.9 Å². The summed E-state index contributed by atoms with van der Waals surface area (Å²) < 4.78 is 75.7. The van der Waals surface area contributed by atoms with Crippen molar-refractivity contribution in [2.75, 3.05) is 5.75 Å². The van der Waals surface area contributed by atoms with E-state index in [2.05, 4.69) is 0 Å². The molecule has 45 heavy (non-hydrogen) atoms. The van der Waals surface area contributed by atoms with Crippen LogP contribution in [0.1, 0.15) is 64.1 Å². The first-order valence-electron chi connectivity index (χ1n) is 14.9. The lowest BCUT2D eigenvalue weighted by molar-refractivity contribution is -0.221. The molecular formula is C32H34O11S2. The molecule has 1 N–H and O–H groups in total. The summed E-state index contributed by atoms with van der Waals surface area (Å²) in [5.74, 6) is -3.25. The number of rotatable bonds is 5. The van der Waals surface area contributed by atoms with Crippen molar-refractivity contribution in [1.29, 1.82) is 0 Å². The number of aliphatic hydroxyl groups excluding tert-OH is 1. The van der Waals surface area contributed by atoms with Crippen LogP contribution in [0, 0.1) is 25.7 Å². The maximum absolute atomic E-state index is 14.0. The number of aryl methyl sites for hydroxylation is 2. The molecule has 240 valence electrons. The number of hydrogen-bond acceptors (Lipinski definition) is 11. The maximum Gasteiger partial charge on any atom is 0.297 e. The molecule has 2 aliphatic carbocycles. The number of ketones is 2. The Morgan fingerprint density at radius 1 is 1.04 bits per heavy atom. The highest BCUT2D eigenvalue weighted by molar-refractivity contribution is 7.91. The number of Topliss-reactive ketones (excluding diaryl/α,β-unsaturated/α-hetero) is 2. The van der Waals surface area contributed by atoms with E-state index < -0.39 is 68.3 Å². The lowest BCUT2D eigenvalue weighted by atomic mass is 9.66. The molecule has 11 nitrogen and oxygen atoms in total. The Hall–Kier alpha value is -2.78. The average molecular weight is 659 g/mol. The Kier molecular flexibility index (Phi) is 7.10. The van der Waals surface area contributed by atoms with Gasteiger partial charge in [0.05, 0.1) is 15.5 Å².